The molecule has 1 atom stereocenters. The van der Waals surface area contributed by atoms with E-state index >= 15 is 0 Å². The molecule has 1 N–H and O–H groups in total. The Hall–Kier alpha value is -3.27. The van der Waals surface area contributed by atoms with Crippen molar-refractivity contribution in [3.05, 3.63) is 95.6 Å². The fraction of sp³-hybridized carbons (Fsp3) is 0.240. The van der Waals surface area contributed by atoms with Crippen molar-refractivity contribution in [1.82, 2.24) is 5.32 Å². The summed E-state index contributed by atoms with van der Waals surface area (Å²) in [6, 6.07) is 25.4. The number of carbonyl (C=O) groups excluding carboxylic acids is 1. The first-order chi connectivity index (χ1) is 14.2. The lowest BCUT2D eigenvalue weighted by atomic mass is 10.1. The first-order valence-corrected chi connectivity index (χ1v) is 9.85. The average molecular weight is 389 g/mol. The molecule has 3 aromatic carbocycles. The maximum Gasteiger partial charge on any atom is 0.251 e. The third kappa shape index (κ3) is 6.11. The van der Waals surface area contributed by atoms with Gasteiger partial charge in [-0.25, -0.2) is 0 Å². The Morgan fingerprint density at radius 2 is 1.66 bits per heavy atom. The van der Waals surface area contributed by atoms with Crippen molar-refractivity contribution in [2.45, 2.75) is 32.4 Å². The number of nitrogens with one attached hydrogen (secondary N) is 1. The number of hydrogen-bond donors (Lipinski definition) is 1. The van der Waals surface area contributed by atoms with E-state index in [0.717, 1.165) is 24.2 Å². The van der Waals surface area contributed by atoms with E-state index in [9.17, 15) is 4.79 Å². The summed E-state index contributed by atoms with van der Waals surface area (Å²) in [6.45, 7) is 2.36. The highest BCUT2D eigenvalue weighted by molar-refractivity contribution is 5.94. The first-order valence-electron chi connectivity index (χ1n) is 9.85. The van der Waals surface area contributed by atoms with Crippen LogP contribution in [0.5, 0.6) is 11.5 Å². The first kappa shape index (κ1) is 20.5. The second-order valence-electron chi connectivity index (χ2n) is 7.03. The molecule has 0 aromatic heterocycles. The monoisotopic (exact) mass is 389 g/mol. The summed E-state index contributed by atoms with van der Waals surface area (Å²) in [7, 11) is 1.62. The van der Waals surface area contributed by atoms with Crippen LogP contribution in [0.2, 0.25) is 0 Å². The molecule has 0 spiro atoms. The van der Waals surface area contributed by atoms with Crippen molar-refractivity contribution in [2.75, 3.05) is 7.11 Å². The summed E-state index contributed by atoms with van der Waals surface area (Å²) in [4.78, 5) is 12.7. The van der Waals surface area contributed by atoms with Gasteiger partial charge in [0.2, 0.25) is 0 Å². The summed E-state index contributed by atoms with van der Waals surface area (Å²) in [5.74, 6) is 1.39. The maximum absolute atomic E-state index is 12.7. The molecule has 29 heavy (non-hydrogen) atoms. The summed E-state index contributed by atoms with van der Waals surface area (Å²) >= 11 is 0. The molecule has 0 aliphatic rings. The molecule has 4 heteroatoms. The molecule has 0 unspecified atom stereocenters. The molecular formula is C25H27NO3. The van der Waals surface area contributed by atoms with Crippen molar-refractivity contribution in [3.8, 4) is 11.5 Å². The molecule has 0 heterocycles. The van der Waals surface area contributed by atoms with E-state index in [1.165, 1.54) is 5.56 Å². The van der Waals surface area contributed by atoms with Gasteiger partial charge >= 0.3 is 0 Å². The minimum atomic E-state index is -0.0887. The lowest BCUT2D eigenvalue weighted by Crippen LogP contribution is -2.33. The van der Waals surface area contributed by atoms with Crippen molar-refractivity contribution >= 4 is 5.91 Å². The Morgan fingerprint density at radius 1 is 0.966 bits per heavy atom. The summed E-state index contributed by atoms with van der Waals surface area (Å²) < 4.78 is 11.3. The van der Waals surface area contributed by atoms with E-state index in [0.29, 0.717) is 17.9 Å². The molecule has 0 saturated carbocycles. The molecule has 3 aromatic rings. The Labute approximate surface area is 172 Å². The second kappa shape index (κ2) is 10.3. The number of amides is 1. The van der Waals surface area contributed by atoms with Crippen molar-refractivity contribution in [2.24, 2.45) is 0 Å². The van der Waals surface area contributed by atoms with Crippen LogP contribution in [0, 0.1) is 0 Å². The molecule has 0 aliphatic heterocycles. The van der Waals surface area contributed by atoms with E-state index in [-0.39, 0.29) is 11.9 Å². The van der Waals surface area contributed by atoms with Gasteiger partial charge in [-0.15, -0.1) is 0 Å². The molecule has 150 valence electrons. The van der Waals surface area contributed by atoms with Gasteiger partial charge in [-0.3, -0.25) is 4.79 Å². The average Bonchev–Trinajstić information content (AvgIpc) is 2.77. The number of ether oxygens (including phenoxy) is 2. The Morgan fingerprint density at radius 3 is 2.34 bits per heavy atom. The largest absolute Gasteiger partial charge is 0.496 e. The molecule has 0 bridgehead atoms. The van der Waals surface area contributed by atoms with Crippen LogP contribution in [-0.4, -0.2) is 19.1 Å². The highest BCUT2D eigenvalue weighted by Gasteiger charge is 2.13. The van der Waals surface area contributed by atoms with Gasteiger partial charge in [-0.1, -0.05) is 48.5 Å². The van der Waals surface area contributed by atoms with Crippen LogP contribution in [0.1, 0.15) is 34.8 Å². The van der Waals surface area contributed by atoms with Crippen LogP contribution in [0.25, 0.3) is 0 Å². The van der Waals surface area contributed by atoms with Crippen LogP contribution in [-0.2, 0) is 13.0 Å². The predicted molar refractivity (Wildman–Crippen MR) is 115 cm³/mol. The zero-order valence-electron chi connectivity index (χ0n) is 16.9. The van der Waals surface area contributed by atoms with Crippen LogP contribution in [0.4, 0.5) is 0 Å². The zero-order chi connectivity index (χ0) is 20.5. The number of hydrogen-bond acceptors (Lipinski definition) is 3. The van der Waals surface area contributed by atoms with Crippen LogP contribution < -0.4 is 14.8 Å². The standard InChI is InChI=1S/C25H27NO3/c1-19(13-14-20-9-5-3-6-10-20)26-25(27)21-15-16-24(28-2)22(17-21)18-29-23-11-7-4-8-12-23/h3-12,15-17,19H,13-14,18H2,1-2H3,(H,26,27)/t19-/m0/s1. The molecular weight excluding hydrogens is 362 g/mol. The Bertz CT molecular complexity index is 910. The Balaban J connectivity index is 1.60. The molecule has 0 saturated heterocycles. The lowest BCUT2D eigenvalue weighted by Gasteiger charge is -2.16. The van der Waals surface area contributed by atoms with Gasteiger partial charge in [0.05, 0.1) is 7.11 Å². The topological polar surface area (TPSA) is 47.6 Å². The minimum absolute atomic E-state index is 0.0776. The van der Waals surface area contributed by atoms with Gasteiger partial charge in [-0.2, -0.15) is 0 Å². The van der Waals surface area contributed by atoms with E-state index in [1.54, 1.807) is 13.2 Å². The van der Waals surface area contributed by atoms with Crippen molar-refractivity contribution in [1.29, 1.82) is 0 Å². The van der Waals surface area contributed by atoms with Gasteiger partial charge in [-0.05, 0) is 55.7 Å². The van der Waals surface area contributed by atoms with E-state index < -0.39 is 0 Å². The third-order valence-corrected chi connectivity index (χ3v) is 4.77. The normalized spacial score (nSPS) is 11.5. The molecule has 0 radical (unpaired) electrons. The number of aryl methyl sites for hydroxylation is 1. The van der Waals surface area contributed by atoms with Gasteiger partial charge in [0, 0.05) is 17.2 Å². The predicted octanol–water partition coefficient (Wildman–Crippen LogP) is 5.03. The van der Waals surface area contributed by atoms with Gasteiger partial charge in [0.25, 0.3) is 5.91 Å². The Kier molecular flexibility index (Phi) is 7.28. The number of rotatable bonds is 9. The third-order valence-electron chi connectivity index (χ3n) is 4.77. The number of methoxy groups -OCH3 is 1. The van der Waals surface area contributed by atoms with E-state index in [1.807, 2.05) is 67.6 Å². The van der Waals surface area contributed by atoms with Crippen molar-refractivity contribution < 1.29 is 14.3 Å². The highest BCUT2D eigenvalue weighted by atomic mass is 16.5. The zero-order valence-corrected chi connectivity index (χ0v) is 16.9. The van der Waals surface area contributed by atoms with Gasteiger partial charge in [0.1, 0.15) is 18.1 Å². The molecule has 3 rings (SSSR count). The van der Waals surface area contributed by atoms with Crippen LogP contribution in [0.15, 0.2) is 78.9 Å². The van der Waals surface area contributed by atoms with Crippen molar-refractivity contribution in [3.63, 3.8) is 0 Å². The maximum atomic E-state index is 12.7. The summed E-state index contributed by atoms with van der Waals surface area (Å²) in [6.07, 6.45) is 1.82. The SMILES string of the molecule is COc1ccc(C(=O)N[C@@H](C)CCc2ccccc2)cc1COc1ccccc1. The summed E-state index contributed by atoms with van der Waals surface area (Å²) in [5, 5.41) is 3.08. The molecule has 4 nitrogen and oxygen atoms in total. The highest BCUT2D eigenvalue weighted by Crippen LogP contribution is 2.22. The molecule has 1 amide bonds. The van der Waals surface area contributed by atoms with Crippen LogP contribution >= 0.6 is 0 Å². The smallest absolute Gasteiger partial charge is 0.251 e. The minimum Gasteiger partial charge on any atom is -0.496 e. The molecule has 0 fully saturated rings. The fourth-order valence-electron chi connectivity index (χ4n) is 3.12. The number of carbonyl (C=O) groups is 1. The van der Waals surface area contributed by atoms with E-state index in [2.05, 4.69) is 17.4 Å². The van der Waals surface area contributed by atoms with Gasteiger partial charge in [0.15, 0.2) is 0 Å². The second-order valence-corrected chi connectivity index (χ2v) is 7.03. The van der Waals surface area contributed by atoms with E-state index in [4.69, 9.17) is 9.47 Å². The quantitative estimate of drug-likeness (QED) is 0.559. The lowest BCUT2D eigenvalue weighted by molar-refractivity contribution is 0.0938. The summed E-state index contributed by atoms with van der Waals surface area (Å²) in [5.41, 5.74) is 2.71. The van der Waals surface area contributed by atoms with Gasteiger partial charge < -0.3 is 14.8 Å². The fourth-order valence-corrected chi connectivity index (χ4v) is 3.12. The number of para-hydroxylation sites is 1. The number of benzene rings is 3. The van der Waals surface area contributed by atoms with Crippen LogP contribution in [0.3, 0.4) is 0 Å². The molecule has 0 aliphatic carbocycles.